The Labute approximate surface area is 122 Å². The second kappa shape index (κ2) is 6.01. The van der Waals surface area contributed by atoms with Gasteiger partial charge in [-0.1, -0.05) is 18.5 Å². The molecular weight excluding hydrogens is 272 g/mol. The highest BCUT2D eigenvalue weighted by Crippen LogP contribution is 2.36. The average molecular weight is 292 g/mol. The minimum atomic E-state index is 0.447. The number of hydrogen-bond acceptors (Lipinski definition) is 6. The maximum absolute atomic E-state index is 5.57. The van der Waals surface area contributed by atoms with E-state index in [0.29, 0.717) is 18.4 Å². The minimum absolute atomic E-state index is 0.447. The fraction of sp³-hybridized carbons (Fsp3) is 0.643. The molecule has 2 N–H and O–H groups in total. The molecule has 1 aliphatic carbocycles. The smallest absolute Gasteiger partial charge is 0.277 e. The van der Waals surface area contributed by atoms with E-state index in [4.69, 9.17) is 10.3 Å². The van der Waals surface area contributed by atoms with Crippen LogP contribution in [0.15, 0.2) is 9.90 Å². The molecule has 0 aliphatic heterocycles. The van der Waals surface area contributed by atoms with E-state index in [2.05, 4.69) is 22.0 Å². The van der Waals surface area contributed by atoms with Crippen molar-refractivity contribution in [2.45, 2.75) is 51.5 Å². The van der Waals surface area contributed by atoms with Gasteiger partial charge in [0.2, 0.25) is 0 Å². The van der Waals surface area contributed by atoms with Crippen molar-refractivity contribution in [3.05, 3.63) is 16.2 Å². The summed E-state index contributed by atoms with van der Waals surface area (Å²) in [5.74, 6) is 2.69. The molecule has 0 radical (unpaired) electrons. The number of hydrogen-bond donors (Lipinski definition) is 1. The van der Waals surface area contributed by atoms with E-state index in [0.717, 1.165) is 22.4 Å². The fourth-order valence-electron chi connectivity index (χ4n) is 2.84. The van der Waals surface area contributed by atoms with Crippen LogP contribution in [0.25, 0.3) is 11.6 Å². The molecule has 5 nitrogen and oxygen atoms in total. The normalized spacial score (nSPS) is 23.1. The van der Waals surface area contributed by atoms with Gasteiger partial charge in [0.05, 0.1) is 0 Å². The first-order valence-electron chi connectivity index (χ1n) is 7.28. The van der Waals surface area contributed by atoms with Crippen LogP contribution >= 0.6 is 11.3 Å². The van der Waals surface area contributed by atoms with Crippen molar-refractivity contribution >= 4 is 11.3 Å². The summed E-state index contributed by atoms with van der Waals surface area (Å²) in [6.07, 6.45) is 6.17. The van der Waals surface area contributed by atoms with Crippen molar-refractivity contribution in [3.8, 4) is 11.6 Å². The second-order valence-corrected chi connectivity index (χ2v) is 6.36. The third kappa shape index (κ3) is 2.76. The summed E-state index contributed by atoms with van der Waals surface area (Å²) >= 11 is 1.53. The zero-order valence-corrected chi connectivity index (χ0v) is 12.5. The largest absolute Gasteiger partial charge is 0.332 e. The Morgan fingerprint density at radius 1 is 1.30 bits per heavy atom. The van der Waals surface area contributed by atoms with Gasteiger partial charge in [-0.15, -0.1) is 11.3 Å². The minimum Gasteiger partial charge on any atom is -0.332 e. The van der Waals surface area contributed by atoms with Crippen LogP contribution in [0.3, 0.4) is 0 Å². The summed E-state index contributed by atoms with van der Waals surface area (Å²) in [4.78, 5) is 8.91. The maximum Gasteiger partial charge on any atom is 0.277 e. The lowest BCUT2D eigenvalue weighted by atomic mass is 9.80. The molecule has 0 amide bonds. The fourth-order valence-corrected chi connectivity index (χ4v) is 3.48. The van der Waals surface area contributed by atoms with E-state index < -0.39 is 0 Å². The van der Waals surface area contributed by atoms with Crippen molar-refractivity contribution < 1.29 is 4.52 Å². The topological polar surface area (TPSA) is 77.8 Å². The number of nitrogens with two attached hydrogens (primary N) is 1. The van der Waals surface area contributed by atoms with Gasteiger partial charge in [0.25, 0.3) is 5.89 Å². The van der Waals surface area contributed by atoms with Crippen LogP contribution in [0, 0.1) is 5.92 Å². The summed E-state index contributed by atoms with van der Waals surface area (Å²) in [5, 5.41) is 6.97. The molecule has 0 atom stereocenters. The Morgan fingerprint density at radius 2 is 2.10 bits per heavy atom. The lowest BCUT2D eigenvalue weighted by Gasteiger charge is -2.25. The summed E-state index contributed by atoms with van der Waals surface area (Å²) in [5.41, 5.74) is 6.32. The number of thiazole rings is 1. The van der Waals surface area contributed by atoms with Gasteiger partial charge in [-0.2, -0.15) is 4.98 Å². The van der Waals surface area contributed by atoms with Gasteiger partial charge in [-0.25, -0.2) is 4.98 Å². The summed E-state index contributed by atoms with van der Waals surface area (Å²) in [7, 11) is 0. The molecule has 1 fully saturated rings. The first-order valence-corrected chi connectivity index (χ1v) is 8.16. The van der Waals surface area contributed by atoms with Crippen molar-refractivity contribution in [2.75, 3.05) is 0 Å². The molecular formula is C14H20N4OS. The molecule has 2 aromatic heterocycles. The third-order valence-corrected chi connectivity index (χ3v) is 5.05. The molecule has 0 spiro atoms. The van der Waals surface area contributed by atoms with Gasteiger partial charge in [-0.05, 0) is 31.6 Å². The van der Waals surface area contributed by atoms with E-state index in [1.54, 1.807) is 0 Å². The van der Waals surface area contributed by atoms with Gasteiger partial charge in [-0.3, -0.25) is 0 Å². The lowest BCUT2D eigenvalue weighted by Crippen LogP contribution is -2.13. The van der Waals surface area contributed by atoms with E-state index in [9.17, 15) is 0 Å². The third-order valence-electron chi connectivity index (χ3n) is 4.18. The van der Waals surface area contributed by atoms with Gasteiger partial charge in [0.15, 0.2) is 5.82 Å². The van der Waals surface area contributed by atoms with Crippen LogP contribution in [0.4, 0.5) is 0 Å². The van der Waals surface area contributed by atoms with Gasteiger partial charge < -0.3 is 10.3 Å². The Kier molecular flexibility index (Phi) is 4.12. The van der Waals surface area contributed by atoms with Crippen LogP contribution in [0.1, 0.15) is 55.8 Å². The van der Waals surface area contributed by atoms with E-state index >= 15 is 0 Å². The van der Waals surface area contributed by atoms with Crippen LogP contribution in [0.2, 0.25) is 0 Å². The Morgan fingerprint density at radius 3 is 2.75 bits per heavy atom. The number of nitrogens with zero attached hydrogens (tertiary/aromatic N) is 3. The molecule has 0 saturated heterocycles. The zero-order valence-electron chi connectivity index (χ0n) is 11.7. The van der Waals surface area contributed by atoms with Crippen molar-refractivity contribution in [1.29, 1.82) is 0 Å². The Bertz CT molecular complexity index is 557. The number of aromatic nitrogens is 3. The maximum atomic E-state index is 5.57. The highest BCUT2D eigenvalue weighted by molar-refractivity contribution is 7.09. The van der Waals surface area contributed by atoms with Crippen molar-refractivity contribution in [3.63, 3.8) is 0 Å². The Balaban J connectivity index is 1.70. The van der Waals surface area contributed by atoms with Crippen LogP contribution in [0.5, 0.6) is 0 Å². The average Bonchev–Trinajstić information content (AvgIpc) is 3.16. The monoisotopic (exact) mass is 292 g/mol. The molecule has 6 heteroatoms. The molecule has 108 valence electrons. The summed E-state index contributed by atoms with van der Waals surface area (Å²) < 4.78 is 5.36. The number of rotatable bonds is 4. The highest BCUT2D eigenvalue weighted by Gasteiger charge is 2.25. The second-order valence-electron chi connectivity index (χ2n) is 5.41. The van der Waals surface area contributed by atoms with Gasteiger partial charge >= 0.3 is 0 Å². The SMILES string of the molecule is CCC1CCC(c2noc(-c3csc(CN)n3)n2)CC1. The van der Waals surface area contributed by atoms with Crippen LogP contribution in [-0.2, 0) is 6.54 Å². The highest BCUT2D eigenvalue weighted by atomic mass is 32.1. The molecule has 1 saturated carbocycles. The molecule has 0 aromatic carbocycles. The van der Waals surface area contributed by atoms with Crippen LogP contribution < -0.4 is 5.73 Å². The molecule has 3 rings (SSSR count). The predicted octanol–water partition coefficient (Wildman–Crippen LogP) is 3.34. The molecule has 2 aromatic rings. The molecule has 1 aliphatic rings. The first kappa shape index (κ1) is 13.7. The molecule has 0 bridgehead atoms. The van der Waals surface area contributed by atoms with E-state index in [1.165, 1.54) is 43.4 Å². The summed E-state index contributed by atoms with van der Waals surface area (Å²) in [6.45, 7) is 2.72. The standard InChI is InChI=1S/C14H20N4OS/c1-2-9-3-5-10(6-4-9)13-17-14(19-18-13)11-8-20-12(7-15)16-11/h8-10H,2-7,15H2,1H3. The van der Waals surface area contributed by atoms with Crippen LogP contribution in [-0.4, -0.2) is 15.1 Å². The summed E-state index contributed by atoms with van der Waals surface area (Å²) in [6, 6.07) is 0. The van der Waals surface area contributed by atoms with E-state index in [-0.39, 0.29) is 0 Å². The van der Waals surface area contributed by atoms with Gasteiger partial charge in [0, 0.05) is 17.8 Å². The molecule has 20 heavy (non-hydrogen) atoms. The predicted molar refractivity (Wildman–Crippen MR) is 78.3 cm³/mol. The molecule has 2 heterocycles. The van der Waals surface area contributed by atoms with Crippen molar-refractivity contribution in [1.82, 2.24) is 15.1 Å². The van der Waals surface area contributed by atoms with Gasteiger partial charge in [0.1, 0.15) is 10.7 Å². The van der Waals surface area contributed by atoms with E-state index in [1.807, 2.05) is 5.38 Å². The quantitative estimate of drug-likeness (QED) is 0.935. The van der Waals surface area contributed by atoms with Crippen molar-refractivity contribution in [2.24, 2.45) is 11.7 Å². The Hall–Kier alpha value is -1.27. The lowest BCUT2D eigenvalue weighted by molar-refractivity contribution is 0.305. The first-order chi connectivity index (χ1) is 9.80. The zero-order chi connectivity index (χ0) is 13.9. The molecule has 0 unspecified atom stereocenters.